The van der Waals surface area contributed by atoms with E-state index in [1.165, 1.54) is 15.9 Å². The van der Waals surface area contributed by atoms with Crippen LogP contribution in [-0.4, -0.2) is 38.3 Å². The summed E-state index contributed by atoms with van der Waals surface area (Å²) in [5.41, 5.74) is 2.79. The number of para-hydroxylation sites is 1. The van der Waals surface area contributed by atoms with Gasteiger partial charge in [0.25, 0.3) is 0 Å². The molecular weight excluding hydrogens is 438 g/mol. The zero-order valence-electron chi connectivity index (χ0n) is 17.6. The lowest BCUT2D eigenvalue weighted by atomic mass is 9.97. The van der Waals surface area contributed by atoms with Crippen molar-refractivity contribution in [1.82, 2.24) is 9.62 Å². The largest absolute Gasteiger partial charge is 0.434 e. The third kappa shape index (κ3) is 4.94. The van der Waals surface area contributed by atoms with Gasteiger partial charge < -0.3 is 10.1 Å². The lowest BCUT2D eigenvalue weighted by Gasteiger charge is -2.30. The van der Waals surface area contributed by atoms with Crippen LogP contribution in [-0.2, 0) is 34.2 Å². The van der Waals surface area contributed by atoms with Gasteiger partial charge in [-0.05, 0) is 61.4 Å². The van der Waals surface area contributed by atoms with Gasteiger partial charge in [-0.15, -0.1) is 0 Å². The summed E-state index contributed by atoms with van der Waals surface area (Å²) in [6.07, 6.45) is 3.77. The second kappa shape index (κ2) is 9.54. The van der Waals surface area contributed by atoms with Crippen LogP contribution in [0.25, 0.3) is 0 Å². The van der Waals surface area contributed by atoms with Crippen LogP contribution in [0.15, 0.2) is 47.4 Å². The van der Waals surface area contributed by atoms with E-state index in [0.29, 0.717) is 23.3 Å². The highest BCUT2D eigenvalue weighted by molar-refractivity contribution is 7.89. The number of sulfonamides is 1. The molecule has 0 spiro atoms. The van der Waals surface area contributed by atoms with Crippen LogP contribution >= 0.6 is 0 Å². The Bertz CT molecular complexity index is 1080. The zero-order chi connectivity index (χ0) is 22.7. The molecule has 1 fully saturated rings. The van der Waals surface area contributed by atoms with Crippen LogP contribution in [0.3, 0.4) is 0 Å². The van der Waals surface area contributed by atoms with Crippen molar-refractivity contribution in [2.24, 2.45) is 5.92 Å². The number of halogens is 2. The third-order valence-corrected chi connectivity index (χ3v) is 8.07. The van der Waals surface area contributed by atoms with Crippen molar-refractivity contribution in [3.63, 3.8) is 0 Å². The fourth-order valence-electron chi connectivity index (χ4n) is 4.40. The van der Waals surface area contributed by atoms with Gasteiger partial charge in [0.15, 0.2) is 0 Å². The van der Waals surface area contributed by atoms with Gasteiger partial charge in [0, 0.05) is 31.1 Å². The molecule has 1 amide bonds. The van der Waals surface area contributed by atoms with Gasteiger partial charge in [-0.1, -0.05) is 24.3 Å². The van der Waals surface area contributed by atoms with E-state index >= 15 is 0 Å². The van der Waals surface area contributed by atoms with Gasteiger partial charge in [0.2, 0.25) is 15.9 Å². The minimum absolute atomic E-state index is 0.0260. The Morgan fingerprint density at radius 3 is 2.56 bits per heavy atom. The molecule has 32 heavy (non-hydrogen) atoms. The number of rotatable bonds is 7. The monoisotopic (exact) mass is 464 g/mol. The van der Waals surface area contributed by atoms with E-state index in [1.54, 1.807) is 30.3 Å². The molecule has 1 aliphatic heterocycles. The van der Waals surface area contributed by atoms with Gasteiger partial charge in [-0.3, -0.25) is 4.79 Å². The molecule has 0 unspecified atom stereocenters. The van der Waals surface area contributed by atoms with Crippen molar-refractivity contribution in [3.05, 3.63) is 59.2 Å². The molecule has 2 aromatic carbocycles. The summed E-state index contributed by atoms with van der Waals surface area (Å²) >= 11 is 0. The molecule has 0 radical (unpaired) electrons. The van der Waals surface area contributed by atoms with Gasteiger partial charge in [-0.25, -0.2) is 8.42 Å². The summed E-state index contributed by atoms with van der Waals surface area (Å²) in [5, 5.41) is 2.76. The van der Waals surface area contributed by atoms with E-state index in [0.717, 1.165) is 24.8 Å². The predicted molar refractivity (Wildman–Crippen MR) is 115 cm³/mol. The fraction of sp³-hybridized carbons (Fsp3) is 0.435. The van der Waals surface area contributed by atoms with Gasteiger partial charge >= 0.3 is 6.61 Å². The van der Waals surface area contributed by atoms with Crippen molar-refractivity contribution < 1.29 is 26.7 Å². The molecule has 0 atom stereocenters. The Morgan fingerprint density at radius 1 is 1.09 bits per heavy atom. The number of amides is 1. The molecule has 2 aromatic rings. The summed E-state index contributed by atoms with van der Waals surface area (Å²) < 4.78 is 57.1. The maximum Gasteiger partial charge on any atom is 0.387 e. The van der Waals surface area contributed by atoms with Crippen LogP contribution in [0.2, 0.25) is 0 Å². The predicted octanol–water partition coefficient (Wildman–Crippen LogP) is 3.49. The van der Waals surface area contributed by atoms with Gasteiger partial charge in [-0.2, -0.15) is 13.1 Å². The number of benzene rings is 2. The fourth-order valence-corrected chi connectivity index (χ4v) is 5.92. The van der Waals surface area contributed by atoms with Crippen molar-refractivity contribution in [3.8, 4) is 5.75 Å². The summed E-state index contributed by atoms with van der Waals surface area (Å²) in [7, 11) is -3.59. The molecule has 1 N–H and O–H groups in total. The normalized spacial score (nSPS) is 17.3. The third-order valence-electron chi connectivity index (χ3n) is 6.17. The first-order chi connectivity index (χ1) is 15.3. The van der Waals surface area contributed by atoms with Crippen LogP contribution in [0, 0.1) is 5.92 Å². The average molecular weight is 465 g/mol. The van der Waals surface area contributed by atoms with E-state index in [4.69, 9.17) is 0 Å². The zero-order valence-corrected chi connectivity index (χ0v) is 18.4. The molecule has 2 aliphatic rings. The molecule has 0 aromatic heterocycles. The molecule has 1 aliphatic carbocycles. The molecule has 0 bridgehead atoms. The first-order valence-corrected chi connectivity index (χ1v) is 12.2. The maximum absolute atomic E-state index is 13.1. The molecule has 172 valence electrons. The second-order valence-corrected chi connectivity index (χ2v) is 10.1. The number of fused-ring (bicyclic) bond motifs is 1. The summed E-state index contributed by atoms with van der Waals surface area (Å²) in [6, 6.07) is 11.7. The minimum atomic E-state index is -3.59. The number of hydrogen-bond acceptors (Lipinski definition) is 4. The van der Waals surface area contributed by atoms with Crippen LogP contribution in [0.4, 0.5) is 8.78 Å². The average Bonchev–Trinajstić information content (AvgIpc) is 3.26. The second-order valence-electron chi connectivity index (χ2n) is 8.17. The minimum Gasteiger partial charge on any atom is -0.434 e. The molecule has 4 rings (SSSR count). The maximum atomic E-state index is 13.1. The highest BCUT2D eigenvalue weighted by Gasteiger charge is 2.32. The molecule has 0 saturated carbocycles. The number of piperidine rings is 1. The van der Waals surface area contributed by atoms with Crippen molar-refractivity contribution in [2.75, 3.05) is 13.1 Å². The smallest absolute Gasteiger partial charge is 0.387 e. The lowest BCUT2D eigenvalue weighted by Crippen LogP contribution is -2.42. The highest BCUT2D eigenvalue weighted by Crippen LogP contribution is 2.29. The summed E-state index contributed by atoms with van der Waals surface area (Å²) in [6.45, 7) is -2.34. The van der Waals surface area contributed by atoms with Crippen molar-refractivity contribution >= 4 is 15.9 Å². The number of nitrogens with one attached hydrogen (secondary N) is 1. The van der Waals surface area contributed by atoms with E-state index in [2.05, 4.69) is 10.1 Å². The highest BCUT2D eigenvalue weighted by atomic mass is 32.2. The van der Waals surface area contributed by atoms with Crippen molar-refractivity contribution in [1.29, 1.82) is 0 Å². The van der Waals surface area contributed by atoms with Crippen LogP contribution in [0.1, 0.15) is 36.0 Å². The number of alkyl halides is 2. The number of carbonyl (C=O) groups is 1. The lowest BCUT2D eigenvalue weighted by molar-refractivity contribution is -0.126. The van der Waals surface area contributed by atoms with E-state index in [-0.39, 0.29) is 37.2 Å². The van der Waals surface area contributed by atoms with Crippen LogP contribution in [0.5, 0.6) is 5.75 Å². The Kier molecular flexibility index (Phi) is 6.76. The van der Waals surface area contributed by atoms with E-state index < -0.39 is 16.6 Å². The summed E-state index contributed by atoms with van der Waals surface area (Å²) in [5.74, 6) is -0.519. The standard InChI is InChI=1S/C23H26F2N2O4S/c24-23(25)31-21-7-2-1-4-19(21)15-26-22(28)17-10-12-27(13-11-17)32(29,30)20-9-8-16-5-3-6-18(16)14-20/h1-2,4,7-9,14,17,23H,3,5-6,10-13,15H2,(H,26,28). The molecular formula is C23H26F2N2O4S. The molecule has 6 nitrogen and oxygen atoms in total. The van der Waals surface area contributed by atoms with Crippen LogP contribution < -0.4 is 10.1 Å². The van der Waals surface area contributed by atoms with Crippen molar-refractivity contribution in [2.45, 2.75) is 50.2 Å². The number of carbonyl (C=O) groups excluding carboxylic acids is 1. The first-order valence-electron chi connectivity index (χ1n) is 10.8. The topological polar surface area (TPSA) is 75.7 Å². The number of nitrogens with zero attached hydrogens (tertiary/aromatic N) is 1. The first kappa shape index (κ1) is 22.7. The Labute approximate surface area is 186 Å². The number of aryl methyl sites for hydroxylation is 2. The summed E-state index contributed by atoms with van der Waals surface area (Å²) in [4.78, 5) is 12.9. The molecule has 9 heteroatoms. The van der Waals surface area contributed by atoms with Gasteiger partial charge in [0.1, 0.15) is 5.75 Å². The Morgan fingerprint density at radius 2 is 1.81 bits per heavy atom. The van der Waals surface area contributed by atoms with E-state index in [1.807, 2.05) is 6.07 Å². The van der Waals surface area contributed by atoms with E-state index in [9.17, 15) is 22.0 Å². The number of ether oxygens (including phenoxy) is 1. The molecule has 1 saturated heterocycles. The Hall–Kier alpha value is -2.52. The Balaban J connectivity index is 1.33. The number of hydrogen-bond donors (Lipinski definition) is 1. The SMILES string of the molecule is O=C(NCc1ccccc1OC(F)F)C1CCN(S(=O)(=O)c2ccc3c(c2)CCC3)CC1. The van der Waals surface area contributed by atoms with Gasteiger partial charge in [0.05, 0.1) is 4.90 Å². The quantitative estimate of drug-likeness (QED) is 0.681. The molecule has 1 heterocycles.